The Balaban J connectivity index is 1.84. The van der Waals surface area contributed by atoms with Crippen LogP contribution in [0.3, 0.4) is 0 Å². The van der Waals surface area contributed by atoms with Gasteiger partial charge in [-0.25, -0.2) is 14.0 Å². The lowest BCUT2D eigenvalue weighted by Gasteiger charge is -2.11. The van der Waals surface area contributed by atoms with Gasteiger partial charge in [0, 0.05) is 12.6 Å². The zero-order chi connectivity index (χ0) is 21.9. The molecule has 3 rings (SSSR count). The van der Waals surface area contributed by atoms with E-state index in [0.717, 1.165) is 16.8 Å². The minimum absolute atomic E-state index is 0.0430. The lowest BCUT2D eigenvalue weighted by molar-refractivity contribution is -0.137. The first kappa shape index (κ1) is 21.3. The Labute approximate surface area is 169 Å². The van der Waals surface area contributed by atoms with Crippen LogP contribution in [0.25, 0.3) is 5.69 Å². The first-order chi connectivity index (χ1) is 14.2. The molecular formula is C20H19F3N4O3. The summed E-state index contributed by atoms with van der Waals surface area (Å²) in [6.07, 6.45) is -4.45. The Morgan fingerprint density at radius 2 is 1.93 bits per heavy atom. The molecule has 0 aliphatic carbocycles. The second-order valence-corrected chi connectivity index (χ2v) is 6.47. The van der Waals surface area contributed by atoms with Crippen LogP contribution in [0.2, 0.25) is 0 Å². The second-order valence-electron chi connectivity index (χ2n) is 6.47. The van der Waals surface area contributed by atoms with Gasteiger partial charge >= 0.3 is 11.9 Å². The van der Waals surface area contributed by atoms with Crippen molar-refractivity contribution in [3.05, 3.63) is 81.5 Å². The van der Waals surface area contributed by atoms with Gasteiger partial charge in [0.1, 0.15) is 13.2 Å². The number of nitrogens with zero attached hydrogens (tertiary/aromatic N) is 4. The predicted molar refractivity (Wildman–Crippen MR) is 103 cm³/mol. The SMILES string of the molecule is C/C(=N\OCc1ccccc1-n1c(CO)nn(C)c1=O)c1cccc(C(F)(F)F)c1. The predicted octanol–water partition coefficient (Wildman–Crippen LogP) is 3.02. The summed E-state index contributed by atoms with van der Waals surface area (Å²) in [6.45, 7) is 1.06. The van der Waals surface area contributed by atoms with Crippen molar-refractivity contribution in [3.63, 3.8) is 0 Å². The van der Waals surface area contributed by atoms with Gasteiger partial charge in [0.25, 0.3) is 0 Å². The Morgan fingerprint density at radius 1 is 1.20 bits per heavy atom. The summed E-state index contributed by atoms with van der Waals surface area (Å²) in [6, 6.07) is 11.6. The maximum Gasteiger partial charge on any atom is 0.416 e. The van der Waals surface area contributed by atoms with E-state index in [1.165, 1.54) is 30.7 Å². The highest BCUT2D eigenvalue weighted by molar-refractivity contribution is 5.98. The molecule has 0 unspecified atom stereocenters. The first-order valence-corrected chi connectivity index (χ1v) is 8.90. The molecule has 0 atom stereocenters. The largest absolute Gasteiger partial charge is 0.416 e. The number of para-hydroxylation sites is 1. The number of hydrogen-bond donors (Lipinski definition) is 1. The van der Waals surface area contributed by atoms with Crippen LogP contribution < -0.4 is 5.69 Å². The van der Waals surface area contributed by atoms with E-state index < -0.39 is 24.0 Å². The van der Waals surface area contributed by atoms with Crippen LogP contribution in [0, 0.1) is 0 Å². The lowest BCUT2D eigenvalue weighted by Crippen LogP contribution is -2.23. The highest BCUT2D eigenvalue weighted by atomic mass is 19.4. The van der Waals surface area contributed by atoms with E-state index in [-0.39, 0.29) is 23.7 Å². The van der Waals surface area contributed by atoms with Crippen LogP contribution in [0.15, 0.2) is 58.5 Å². The number of aryl methyl sites for hydroxylation is 1. The molecule has 0 saturated carbocycles. The van der Waals surface area contributed by atoms with Crippen LogP contribution >= 0.6 is 0 Å². The Kier molecular flexibility index (Phi) is 6.06. The van der Waals surface area contributed by atoms with Crippen molar-refractivity contribution >= 4 is 5.71 Å². The number of aromatic nitrogens is 3. The standard InChI is InChI=1S/C20H19F3N4O3/c1-13(14-7-5-8-16(10-14)20(21,22)23)25-30-12-15-6-3-4-9-17(15)27-18(11-28)24-26(2)19(27)29/h3-10,28H,11-12H2,1-2H3/b25-13+. The van der Waals surface area contributed by atoms with E-state index in [9.17, 15) is 23.1 Å². The fraction of sp³-hybridized carbons (Fsp3) is 0.250. The van der Waals surface area contributed by atoms with Gasteiger partial charge in [0.05, 0.1) is 17.0 Å². The summed E-state index contributed by atoms with van der Waals surface area (Å²) in [5.41, 5.74) is 0.398. The average molecular weight is 420 g/mol. The maximum atomic E-state index is 12.9. The number of aliphatic hydroxyl groups excluding tert-OH is 1. The van der Waals surface area contributed by atoms with Crippen molar-refractivity contribution in [2.24, 2.45) is 12.2 Å². The van der Waals surface area contributed by atoms with Crippen molar-refractivity contribution in [3.8, 4) is 5.69 Å². The van der Waals surface area contributed by atoms with Crippen molar-refractivity contribution in [2.75, 3.05) is 0 Å². The Hall–Kier alpha value is -3.40. The lowest BCUT2D eigenvalue weighted by atomic mass is 10.1. The summed E-state index contributed by atoms with van der Waals surface area (Å²) in [7, 11) is 1.47. The average Bonchev–Trinajstić information content (AvgIpc) is 3.01. The topological polar surface area (TPSA) is 81.6 Å². The van der Waals surface area contributed by atoms with Gasteiger partial charge in [-0.3, -0.25) is 0 Å². The fourth-order valence-corrected chi connectivity index (χ4v) is 2.88. The van der Waals surface area contributed by atoms with E-state index in [4.69, 9.17) is 4.84 Å². The molecule has 0 aliphatic heterocycles. The van der Waals surface area contributed by atoms with Crippen LogP contribution in [0.1, 0.15) is 29.4 Å². The smallest absolute Gasteiger partial charge is 0.391 e. The number of oxime groups is 1. The normalized spacial score (nSPS) is 12.3. The van der Waals surface area contributed by atoms with E-state index in [2.05, 4.69) is 10.3 Å². The maximum absolute atomic E-state index is 12.9. The zero-order valence-electron chi connectivity index (χ0n) is 16.2. The van der Waals surface area contributed by atoms with Gasteiger partial charge < -0.3 is 9.94 Å². The van der Waals surface area contributed by atoms with Crippen LogP contribution in [-0.2, 0) is 31.3 Å². The van der Waals surface area contributed by atoms with Crippen molar-refractivity contribution < 1.29 is 23.1 Å². The molecule has 30 heavy (non-hydrogen) atoms. The van der Waals surface area contributed by atoms with Crippen LogP contribution in [-0.4, -0.2) is 25.2 Å². The minimum Gasteiger partial charge on any atom is -0.391 e. The highest BCUT2D eigenvalue weighted by Gasteiger charge is 2.30. The summed E-state index contributed by atoms with van der Waals surface area (Å²) in [5.74, 6) is 0.165. The number of hydrogen-bond acceptors (Lipinski definition) is 5. The molecule has 0 spiro atoms. The molecule has 2 aromatic carbocycles. The molecule has 7 nitrogen and oxygen atoms in total. The van der Waals surface area contributed by atoms with Crippen LogP contribution in [0.5, 0.6) is 0 Å². The van der Waals surface area contributed by atoms with Gasteiger partial charge in [0.15, 0.2) is 5.82 Å². The molecule has 1 aromatic heterocycles. The Bertz CT molecular complexity index is 1130. The number of aliphatic hydroxyl groups is 1. The van der Waals surface area contributed by atoms with E-state index in [1.807, 2.05) is 0 Å². The molecule has 0 amide bonds. The molecule has 1 heterocycles. The number of halogens is 3. The second kappa shape index (κ2) is 8.54. The van der Waals surface area contributed by atoms with Gasteiger partial charge in [-0.2, -0.15) is 18.3 Å². The van der Waals surface area contributed by atoms with Crippen molar-refractivity contribution in [2.45, 2.75) is 26.3 Å². The molecule has 0 bridgehead atoms. The number of benzene rings is 2. The monoisotopic (exact) mass is 420 g/mol. The van der Waals surface area contributed by atoms with Crippen LogP contribution in [0.4, 0.5) is 13.2 Å². The van der Waals surface area contributed by atoms with E-state index in [0.29, 0.717) is 11.3 Å². The zero-order valence-corrected chi connectivity index (χ0v) is 16.2. The van der Waals surface area contributed by atoms with Gasteiger partial charge in [-0.15, -0.1) is 0 Å². The van der Waals surface area contributed by atoms with Gasteiger partial charge in [-0.05, 0) is 30.7 Å². The summed E-state index contributed by atoms with van der Waals surface area (Å²) in [4.78, 5) is 17.7. The van der Waals surface area contributed by atoms with Crippen molar-refractivity contribution in [1.29, 1.82) is 0 Å². The van der Waals surface area contributed by atoms with Gasteiger partial charge in [-0.1, -0.05) is 35.5 Å². The molecular weight excluding hydrogens is 401 g/mol. The third-order valence-electron chi connectivity index (χ3n) is 4.39. The molecule has 0 saturated heterocycles. The summed E-state index contributed by atoms with van der Waals surface area (Å²) in [5, 5.41) is 17.4. The van der Waals surface area contributed by atoms with E-state index >= 15 is 0 Å². The molecule has 3 aromatic rings. The first-order valence-electron chi connectivity index (χ1n) is 8.90. The molecule has 0 aliphatic rings. The molecule has 1 N–H and O–H groups in total. The third kappa shape index (κ3) is 4.43. The molecule has 0 radical (unpaired) electrons. The Morgan fingerprint density at radius 3 is 2.63 bits per heavy atom. The number of alkyl halides is 3. The van der Waals surface area contributed by atoms with Gasteiger partial charge in [0.2, 0.25) is 0 Å². The molecule has 0 fully saturated rings. The molecule has 10 heteroatoms. The summed E-state index contributed by atoms with van der Waals surface area (Å²) < 4.78 is 41.0. The van der Waals surface area contributed by atoms with E-state index in [1.54, 1.807) is 24.3 Å². The minimum atomic E-state index is -4.45. The number of rotatable bonds is 6. The highest BCUT2D eigenvalue weighted by Crippen LogP contribution is 2.29. The van der Waals surface area contributed by atoms with Crippen molar-refractivity contribution in [1.82, 2.24) is 14.3 Å². The quantitative estimate of drug-likeness (QED) is 0.491. The molecule has 158 valence electrons. The fourth-order valence-electron chi connectivity index (χ4n) is 2.88. The third-order valence-corrected chi connectivity index (χ3v) is 4.39. The summed E-state index contributed by atoms with van der Waals surface area (Å²) >= 11 is 0.